The number of benzene rings is 10. The van der Waals surface area contributed by atoms with Crippen LogP contribution in [0.1, 0.15) is 22.3 Å². The van der Waals surface area contributed by atoms with Crippen LogP contribution in [0, 0.1) is 27.7 Å². The van der Waals surface area contributed by atoms with E-state index in [0.717, 1.165) is 0 Å². The Bertz CT molecular complexity index is 2890. The summed E-state index contributed by atoms with van der Waals surface area (Å²) in [6.07, 6.45) is 0. The van der Waals surface area contributed by atoms with E-state index < -0.39 is 0 Å². The molecule has 0 fully saturated rings. The average molecular weight is 715 g/mol. The van der Waals surface area contributed by atoms with E-state index in [-0.39, 0.29) is 0 Å². The standard InChI is InChI=1S/C56H42/c1-35-19-27-39(28-20-35)51-43-11-5-7-13-45(43)53(41-31-23-37(3)24-32-41)55-47(15-9-17-49(51)55)48-16-10-18-50-52(40-29-21-36(2)22-30-40)44-12-6-8-14-46(44)54(56(48)50)42-33-25-38(4)26-34-42/h5-34H,1-4H3. The van der Waals surface area contributed by atoms with Gasteiger partial charge in [-0.25, -0.2) is 0 Å². The molecule has 0 aliphatic heterocycles. The largest absolute Gasteiger partial charge is 0.0616 e. The van der Waals surface area contributed by atoms with Crippen LogP contribution in [0.25, 0.3) is 98.7 Å². The second-order valence-electron chi connectivity index (χ2n) is 15.5. The van der Waals surface area contributed by atoms with Gasteiger partial charge in [-0.1, -0.05) is 204 Å². The van der Waals surface area contributed by atoms with Crippen LogP contribution < -0.4 is 0 Å². The lowest BCUT2D eigenvalue weighted by molar-refractivity contribution is 1.47. The van der Waals surface area contributed by atoms with E-state index in [1.165, 1.54) is 121 Å². The Morgan fingerprint density at radius 3 is 0.768 bits per heavy atom. The van der Waals surface area contributed by atoms with Crippen molar-refractivity contribution in [1.82, 2.24) is 0 Å². The van der Waals surface area contributed by atoms with Crippen molar-refractivity contribution in [3.63, 3.8) is 0 Å². The zero-order chi connectivity index (χ0) is 37.9. The molecule has 0 amide bonds. The number of hydrogen-bond donors (Lipinski definition) is 0. The molecule has 0 radical (unpaired) electrons. The van der Waals surface area contributed by atoms with Gasteiger partial charge in [0.15, 0.2) is 0 Å². The maximum absolute atomic E-state index is 2.36. The number of fused-ring (bicyclic) bond motifs is 4. The second-order valence-corrected chi connectivity index (χ2v) is 15.5. The van der Waals surface area contributed by atoms with Crippen molar-refractivity contribution < 1.29 is 0 Å². The lowest BCUT2D eigenvalue weighted by atomic mass is 9.80. The fourth-order valence-electron chi connectivity index (χ4n) is 9.01. The van der Waals surface area contributed by atoms with E-state index in [1.807, 2.05) is 0 Å². The van der Waals surface area contributed by atoms with E-state index in [0.29, 0.717) is 0 Å². The van der Waals surface area contributed by atoms with Gasteiger partial charge >= 0.3 is 0 Å². The van der Waals surface area contributed by atoms with Gasteiger partial charge in [0.1, 0.15) is 0 Å². The van der Waals surface area contributed by atoms with Crippen molar-refractivity contribution >= 4 is 43.1 Å². The van der Waals surface area contributed by atoms with Crippen LogP contribution in [0.2, 0.25) is 0 Å². The molecule has 0 heteroatoms. The SMILES string of the molecule is Cc1ccc(-c2c3ccccc3c(-c3ccc(C)cc3)c3c(-c4cccc5c(-c6ccc(C)cc6)c6ccccc6c(-c6ccc(C)cc6)c45)cccc23)cc1. The van der Waals surface area contributed by atoms with Crippen LogP contribution in [0.3, 0.4) is 0 Å². The Balaban J connectivity index is 1.43. The Morgan fingerprint density at radius 2 is 0.464 bits per heavy atom. The summed E-state index contributed by atoms with van der Waals surface area (Å²) in [5.74, 6) is 0. The molecular weight excluding hydrogens is 673 g/mol. The van der Waals surface area contributed by atoms with E-state index in [2.05, 4.69) is 210 Å². The topological polar surface area (TPSA) is 0 Å². The smallest absolute Gasteiger partial charge is 0.00139 e. The zero-order valence-corrected chi connectivity index (χ0v) is 32.3. The van der Waals surface area contributed by atoms with Gasteiger partial charge in [-0.2, -0.15) is 0 Å². The minimum Gasteiger partial charge on any atom is -0.0616 e. The van der Waals surface area contributed by atoms with Crippen LogP contribution in [-0.2, 0) is 0 Å². The quantitative estimate of drug-likeness (QED) is 0.156. The molecule has 0 nitrogen and oxygen atoms in total. The van der Waals surface area contributed by atoms with Gasteiger partial charge in [-0.05, 0) is 126 Å². The van der Waals surface area contributed by atoms with Crippen LogP contribution >= 0.6 is 0 Å². The summed E-state index contributed by atoms with van der Waals surface area (Å²) in [6.45, 7) is 8.67. The Morgan fingerprint density at radius 1 is 0.214 bits per heavy atom. The molecule has 0 unspecified atom stereocenters. The first-order valence-electron chi connectivity index (χ1n) is 19.7. The molecule has 0 atom stereocenters. The fraction of sp³-hybridized carbons (Fsp3) is 0.0714. The van der Waals surface area contributed by atoms with Gasteiger partial charge in [0, 0.05) is 0 Å². The highest BCUT2D eigenvalue weighted by molar-refractivity contribution is 6.29. The highest BCUT2D eigenvalue weighted by Gasteiger charge is 2.24. The molecule has 0 bridgehead atoms. The van der Waals surface area contributed by atoms with Crippen LogP contribution in [0.15, 0.2) is 182 Å². The van der Waals surface area contributed by atoms with E-state index in [9.17, 15) is 0 Å². The monoisotopic (exact) mass is 714 g/mol. The lowest BCUT2D eigenvalue weighted by Gasteiger charge is -2.23. The minimum atomic E-state index is 1.23. The van der Waals surface area contributed by atoms with Crippen molar-refractivity contribution in [3.05, 3.63) is 204 Å². The van der Waals surface area contributed by atoms with Crippen LogP contribution in [0.5, 0.6) is 0 Å². The van der Waals surface area contributed by atoms with Gasteiger partial charge in [0.05, 0.1) is 0 Å². The predicted octanol–water partition coefficient (Wildman–Crippen LogP) is 15.9. The van der Waals surface area contributed by atoms with Gasteiger partial charge in [0.2, 0.25) is 0 Å². The molecule has 0 heterocycles. The van der Waals surface area contributed by atoms with E-state index in [4.69, 9.17) is 0 Å². The van der Waals surface area contributed by atoms with Gasteiger partial charge < -0.3 is 0 Å². The molecule has 266 valence electrons. The molecule has 10 aromatic rings. The summed E-state index contributed by atoms with van der Waals surface area (Å²) < 4.78 is 0. The van der Waals surface area contributed by atoms with Crippen molar-refractivity contribution in [2.75, 3.05) is 0 Å². The predicted molar refractivity (Wildman–Crippen MR) is 243 cm³/mol. The molecule has 10 aromatic carbocycles. The minimum absolute atomic E-state index is 1.23. The third-order valence-electron chi connectivity index (χ3n) is 11.8. The van der Waals surface area contributed by atoms with E-state index in [1.54, 1.807) is 0 Å². The Kier molecular flexibility index (Phi) is 8.15. The summed E-state index contributed by atoms with van der Waals surface area (Å²) in [4.78, 5) is 0. The van der Waals surface area contributed by atoms with Gasteiger partial charge in [-0.15, -0.1) is 0 Å². The highest BCUT2D eigenvalue weighted by atomic mass is 14.3. The first kappa shape index (κ1) is 33.8. The number of aryl methyl sites for hydroxylation is 4. The molecule has 10 rings (SSSR count). The molecule has 0 aromatic heterocycles. The third kappa shape index (κ3) is 5.52. The second kappa shape index (κ2) is 13.5. The van der Waals surface area contributed by atoms with Crippen LogP contribution in [-0.4, -0.2) is 0 Å². The molecule has 0 N–H and O–H groups in total. The molecule has 0 aliphatic carbocycles. The Labute approximate surface area is 329 Å². The van der Waals surface area contributed by atoms with Crippen LogP contribution in [0.4, 0.5) is 0 Å². The summed E-state index contributed by atoms with van der Waals surface area (Å²) >= 11 is 0. The first-order chi connectivity index (χ1) is 27.4. The summed E-state index contributed by atoms with van der Waals surface area (Å²) in [5, 5.41) is 10.1. The van der Waals surface area contributed by atoms with Crippen molar-refractivity contribution in [1.29, 1.82) is 0 Å². The Hall–Kier alpha value is -6.76. The van der Waals surface area contributed by atoms with E-state index >= 15 is 0 Å². The lowest BCUT2D eigenvalue weighted by Crippen LogP contribution is -1.96. The summed E-state index contributed by atoms with van der Waals surface area (Å²) in [5.41, 5.74) is 17.5. The third-order valence-corrected chi connectivity index (χ3v) is 11.8. The van der Waals surface area contributed by atoms with Crippen molar-refractivity contribution in [2.24, 2.45) is 0 Å². The van der Waals surface area contributed by atoms with Gasteiger partial charge in [0.25, 0.3) is 0 Å². The number of hydrogen-bond acceptors (Lipinski definition) is 0. The normalized spacial score (nSPS) is 11.6. The molecular formula is C56H42. The summed E-state index contributed by atoms with van der Waals surface area (Å²) in [7, 11) is 0. The molecule has 0 aliphatic rings. The highest BCUT2D eigenvalue weighted by Crippen LogP contribution is 2.51. The summed E-state index contributed by atoms with van der Waals surface area (Å²) in [6, 6.07) is 68.3. The average Bonchev–Trinajstić information content (AvgIpc) is 3.23. The fourth-order valence-corrected chi connectivity index (χ4v) is 9.01. The maximum Gasteiger partial charge on any atom is -0.00139 e. The first-order valence-corrected chi connectivity index (χ1v) is 19.7. The molecule has 0 saturated heterocycles. The zero-order valence-electron chi connectivity index (χ0n) is 32.3. The van der Waals surface area contributed by atoms with Crippen molar-refractivity contribution in [2.45, 2.75) is 27.7 Å². The number of rotatable bonds is 5. The molecule has 0 spiro atoms. The van der Waals surface area contributed by atoms with Crippen molar-refractivity contribution in [3.8, 4) is 55.6 Å². The molecule has 0 saturated carbocycles. The molecule has 56 heavy (non-hydrogen) atoms. The maximum atomic E-state index is 2.36. The van der Waals surface area contributed by atoms with Gasteiger partial charge in [-0.3, -0.25) is 0 Å².